The molecular formula is C14H11Cl3N2O. The van der Waals surface area contributed by atoms with Crippen LogP contribution >= 0.6 is 34.8 Å². The van der Waals surface area contributed by atoms with E-state index in [9.17, 15) is 0 Å². The summed E-state index contributed by atoms with van der Waals surface area (Å²) in [5.41, 5.74) is 6.77. The summed E-state index contributed by atoms with van der Waals surface area (Å²) in [5, 5.41) is 8.75. The van der Waals surface area contributed by atoms with Gasteiger partial charge in [0.1, 0.15) is 18.2 Å². The van der Waals surface area contributed by atoms with Crippen LogP contribution in [0.1, 0.15) is 11.1 Å². The van der Waals surface area contributed by atoms with E-state index in [0.717, 1.165) is 5.56 Å². The first-order valence-electron chi connectivity index (χ1n) is 5.68. The van der Waals surface area contributed by atoms with Crippen LogP contribution in [0.4, 0.5) is 0 Å². The van der Waals surface area contributed by atoms with E-state index in [-0.39, 0.29) is 12.4 Å². The molecule has 0 amide bonds. The topological polar surface area (TPSA) is 59.1 Å². The maximum absolute atomic E-state index is 7.34. The number of nitrogens with two attached hydrogens (primary N) is 1. The lowest BCUT2D eigenvalue weighted by molar-refractivity contribution is 0.306. The molecule has 0 fully saturated rings. The van der Waals surface area contributed by atoms with Crippen LogP contribution in [0.3, 0.4) is 0 Å². The second-order valence-electron chi connectivity index (χ2n) is 4.08. The minimum atomic E-state index is -0.0242. The molecule has 2 aromatic rings. The third-order valence-corrected chi connectivity index (χ3v) is 3.74. The molecule has 3 nitrogen and oxygen atoms in total. The Morgan fingerprint density at radius 1 is 1.00 bits per heavy atom. The smallest absolute Gasteiger partial charge is 0.122 e. The summed E-state index contributed by atoms with van der Waals surface area (Å²) in [5.74, 6) is 0.579. The SMILES string of the molecule is N=C(N)c1ccc(COc2ccc(Cl)c(Cl)c2)c(Cl)c1. The largest absolute Gasteiger partial charge is 0.489 e. The predicted molar refractivity (Wildman–Crippen MR) is 83.3 cm³/mol. The lowest BCUT2D eigenvalue weighted by Gasteiger charge is -2.09. The van der Waals surface area contributed by atoms with Crippen LogP contribution in [0, 0.1) is 5.41 Å². The summed E-state index contributed by atoms with van der Waals surface area (Å²) >= 11 is 17.9. The van der Waals surface area contributed by atoms with Gasteiger partial charge in [0.15, 0.2) is 0 Å². The molecule has 0 heterocycles. The van der Waals surface area contributed by atoms with Crippen LogP contribution in [0.25, 0.3) is 0 Å². The monoisotopic (exact) mass is 328 g/mol. The molecule has 0 aliphatic rings. The van der Waals surface area contributed by atoms with Crippen molar-refractivity contribution in [3.05, 3.63) is 62.6 Å². The fraction of sp³-hybridized carbons (Fsp3) is 0.0714. The molecular weight excluding hydrogens is 319 g/mol. The lowest BCUT2D eigenvalue weighted by atomic mass is 10.1. The minimum Gasteiger partial charge on any atom is -0.489 e. The second kappa shape index (κ2) is 6.35. The van der Waals surface area contributed by atoms with Gasteiger partial charge in [-0.05, 0) is 18.2 Å². The van der Waals surface area contributed by atoms with Crippen LogP contribution in [0.15, 0.2) is 36.4 Å². The van der Waals surface area contributed by atoms with Gasteiger partial charge in [0, 0.05) is 22.2 Å². The fourth-order valence-electron chi connectivity index (χ4n) is 1.56. The maximum Gasteiger partial charge on any atom is 0.122 e. The molecule has 0 unspecified atom stereocenters. The highest BCUT2D eigenvalue weighted by atomic mass is 35.5. The summed E-state index contributed by atoms with van der Waals surface area (Å²) in [6.45, 7) is 0.287. The van der Waals surface area contributed by atoms with Crippen molar-refractivity contribution in [3.63, 3.8) is 0 Å². The first-order chi connectivity index (χ1) is 9.47. The molecule has 3 N–H and O–H groups in total. The van der Waals surface area contributed by atoms with E-state index in [1.807, 2.05) is 0 Å². The zero-order chi connectivity index (χ0) is 14.7. The Morgan fingerprint density at radius 2 is 1.75 bits per heavy atom. The third-order valence-electron chi connectivity index (χ3n) is 2.65. The number of nitrogen functional groups attached to an aromatic ring is 1. The Balaban J connectivity index is 2.10. The van der Waals surface area contributed by atoms with Gasteiger partial charge in [0.25, 0.3) is 0 Å². The van der Waals surface area contributed by atoms with Crippen molar-refractivity contribution in [2.75, 3.05) is 0 Å². The van der Waals surface area contributed by atoms with Gasteiger partial charge in [0.2, 0.25) is 0 Å². The molecule has 0 spiro atoms. The second-order valence-corrected chi connectivity index (χ2v) is 5.31. The van der Waals surface area contributed by atoms with Crippen molar-refractivity contribution < 1.29 is 4.74 Å². The molecule has 2 rings (SSSR count). The molecule has 0 saturated carbocycles. The van der Waals surface area contributed by atoms with Crippen molar-refractivity contribution in [1.29, 1.82) is 5.41 Å². The van der Waals surface area contributed by atoms with E-state index in [2.05, 4.69) is 0 Å². The summed E-state index contributed by atoms with van der Waals surface area (Å²) in [6.07, 6.45) is 0. The average Bonchev–Trinajstić information content (AvgIpc) is 2.41. The van der Waals surface area contributed by atoms with Gasteiger partial charge in [-0.15, -0.1) is 0 Å². The van der Waals surface area contributed by atoms with E-state index >= 15 is 0 Å². The van der Waals surface area contributed by atoms with Crippen molar-refractivity contribution in [2.45, 2.75) is 6.61 Å². The van der Waals surface area contributed by atoms with Gasteiger partial charge in [-0.3, -0.25) is 5.41 Å². The minimum absolute atomic E-state index is 0.0242. The quantitative estimate of drug-likeness (QED) is 0.640. The molecule has 20 heavy (non-hydrogen) atoms. The molecule has 0 aliphatic carbocycles. The number of hydrogen-bond acceptors (Lipinski definition) is 2. The van der Waals surface area contributed by atoms with Gasteiger partial charge in [0.05, 0.1) is 10.0 Å². The fourth-order valence-corrected chi connectivity index (χ4v) is 2.08. The van der Waals surface area contributed by atoms with Gasteiger partial charge in [-0.1, -0.05) is 46.9 Å². The Hall–Kier alpha value is -1.42. The van der Waals surface area contributed by atoms with Crippen molar-refractivity contribution in [3.8, 4) is 5.75 Å². The van der Waals surface area contributed by atoms with Crippen LogP contribution < -0.4 is 10.5 Å². The normalized spacial score (nSPS) is 10.3. The molecule has 0 aromatic heterocycles. The Kier molecular flexibility index (Phi) is 4.76. The number of nitrogens with one attached hydrogen (secondary N) is 1. The van der Waals surface area contributed by atoms with Crippen LogP contribution in [-0.4, -0.2) is 5.84 Å². The highest BCUT2D eigenvalue weighted by molar-refractivity contribution is 6.42. The number of benzene rings is 2. The number of halogens is 3. The first kappa shape index (κ1) is 15.0. The first-order valence-corrected chi connectivity index (χ1v) is 6.81. The maximum atomic E-state index is 7.34. The summed E-state index contributed by atoms with van der Waals surface area (Å²) < 4.78 is 5.60. The Bertz CT molecular complexity index is 659. The Labute approximate surface area is 131 Å². The van der Waals surface area contributed by atoms with Crippen molar-refractivity contribution in [1.82, 2.24) is 0 Å². The molecule has 0 radical (unpaired) electrons. The van der Waals surface area contributed by atoms with E-state index in [4.69, 9.17) is 50.7 Å². The lowest BCUT2D eigenvalue weighted by Crippen LogP contribution is -2.11. The van der Waals surface area contributed by atoms with E-state index in [1.165, 1.54) is 0 Å². The molecule has 6 heteroatoms. The number of amidine groups is 1. The molecule has 104 valence electrons. The van der Waals surface area contributed by atoms with Gasteiger partial charge >= 0.3 is 0 Å². The van der Waals surface area contributed by atoms with Gasteiger partial charge in [-0.2, -0.15) is 0 Å². The zero-order valence-electron chi connectivity index (χ0n) is 10.3. The molecule has 0 saturated heterocycles. The van der Waals surface area contributed by atoms with Crippen LogP contribution in [0.5, 0.6) is 5.75 Å². The number of hydrogen-bond donors (Lipinski definition) is 2. The summed E-state index contributed by atoms with van der Waals surface area (Å²) in [4.78, 5) is 0. The molecule has 0 aliphatic heterocycles. The summed E-state index contributed by atoms with van der Waals surface area (Å²) in [7, 11) is 0. The highest BCUT2D eigenvalue weighted by Gasteiger charge is 2.06. The van der Waals surface area contributed by atoms with E-state index in [1.54, 1.807) is 36.4 Å². The van der Waals surface area contributed by atoms with E-state index in [0.29, 0.717) is 26.4 Å². The number of ether oxygens (including phenoxy) is 1. The average molecular weight is 330 g/mol. The molecule has 0 atom stereocenters. The van der Waals surface area contributed by atoms with Gasteiger partial charge < -0.3 is 10.5 Å². The third kappa shape index (κ3) is 3.57. The highest BCUT2D eigenvalue weighted by Crippen LogP contribution is 2.27. The van der Waals surface area contributed by atoms with Gasteiger partial charge in [-0.25, -0.2) is 0 Å². The Morgan fingerprint density at radius 3 is 2.35 bits per heavy atom. The predicted octanol–water partition coefficient (Wildman–Crippen LogP) is 4.51. The summed E-state index contributed by atoms with van der Waals surface area (Å²) in [6, 6.07) is 10.2. The standard InChI is InChI=1S/C14H11Cl3N2O/c15-11-4-3-10(6-13(11)17)20-7-9-2-1-8(14(18)19)5-12(9)16/h1-6H,7H2,(H3,18,19). The number of rotatable bonds is 4. The van der Waals surface area contributed by atoms with Crippen LogP contribution in [-0.2, 0) is 6.61 Å². The zero-order valence-corrected chi connectivity index (χ0v) is 12.6. The van der Waals surface area contributed by atoms with Crippen LogP contribution in [0.2, 0.25) is 15.1 Å². The van der Waals surface area contributed by atoms with E-state index < -0.39 is 0 Å². The van der Waals surface area contributed by atoms with Crippen molar-refractivity contribution in [2.24, 2.45) is 5.73 Å². The van der Waals surface area contributed by atoms with Crippen molar-refractivity contribution >= 4 is 40.6 Å². The molecule has 2 aromatic carbocycles. The molecule has 0 bridgehead atoms.